The van der Waals surface area contributed by atoms with Crippen molar-refractivity contribution in [1.29, 1.82) is 0 Å². The van der Waals surface area contributed by atoms with E-state index in [-0.39, 0.29) is 30.1 Å². The maximum absolute atomic E-state index is 12.6. The highest BCUT2D eigenvalue weighted by molar-refractivity contribution is 5.91. The van der Waals surface area contributed by atoms with Gasteiger partial charge in [-0.3, -0.25) is 4.79 Å². The van der Waals surface area contributed by atoms with Crippen molar-refractivity contribution >= 4 is 5.91 Å². The summed E-state index contributed by atoms with van der Waals surface area (Å²) in [5.41, 5.74) is 1.09. The van der Waals surface area contributed by atoms with Crippen LogP contribution in [-0.4, -0.2) is 77.2 Å². The second kappa shape index (κ2) is 14.9. The van der Waals surface area contributed by atoms with Gasteiger partial charge in [0.15, 0.2) is 5.76 Å². The lowest BCUT2D eigenvalue weighted by atomic mass is 9.81. The molecule has 0 unspecified atom stereocenters. The normalized spacial score (nSPS) is 20.7. The smallest absolute Gasteiger partial charge is 0.286 e. The van der Waals surface area contributed by atoms with Crippen molar-refractivity contribution in [3.63, 3.8) is 0 Å². The molecule has 2 rings (SSSR count). The third-order valence-corrected chi connectivity index (χ3v) is 4.92. The van der Waals surface area contributed by atoms with Gasteiger partial charge >= 0.3 is 0 Å². The number of aliphatic hydroxyl groups is 1. The zero-order valence-electron chi connectivity index (χ0n) is 18.5. The van der Waals surface area contributed by atoms with Crippen molar-refractivity contribution in [2.24, 2.45) is 5.92 Å². The van der Waals surface area contributed by atoms with E-state index in [1.54, 1.807) is 7.11 Å². The van der Waals surface area contributed by atoms with Crippen molar-refractivity contribution in [1.82, 2.24) is 5.32 Å². The van der Waals surface area contributed by atoms with Gasteiger partial charge in [-0.1, -0.05) is 30.3 Å². The largest absolute Gasteiger partial charge is 0.459 e. The highest BCUT2D eigenvalue weighted by Crippen LogP contribution is 2.38. The van der Waals surface area contributed by atoms with Crippen molar-refractivity contribution < 1.29 is 33.6 Å². The third-order valence-electron chi connectivity index (χ3n) is 4.92. The number of carbonyl (C=O) groups is 1. The third kappa shape index (κ3) is 8.59. The number of amides is 1. The van der Waals surface area contributed by atoms with E-state index in [9.17, 15) is 4.79 Å². The van der Waals surface area contributed by atoms with Crippen LogP contribution in [0.3, 0.4) is 0 Å². The minimum atomic E-state index is -0.558. The Bertz CT molecular complexity index is 653. The number of methoxy groups -OCH3 is 1. The summed E-state index contributed by atoms with van der Waals surface area (Å²) in [7, 11) is 1.59. The van der Waals surface area contributed by atoms with Crippen molar-refractivity contribution in [2.45, 2.75) is 25.6 Å². The Kier molecular flexibility index (Phi) is 12.2. The molecule has 1 aliphatic rings. The number of ether oxygens (including phenoxy) is 5. The second-order valence-electron chi connectivity index (χ2n) is 7.06. The predicted molar refractivity (Wildman–Crippen MR) is 115 cm³/mol. The van der Waals surface area contributed by atoms with Gasteiger partial charge in [-0.2, -0.15) is 0 Å². The van der Waals surface area contributed by atoms with E-state index < -0.39 is 6.29 Å². The van der Waals surface area contributed by atoms with E-state index in [0.29, 0.717) is 52.6 Å². The number of aliphatic hydroxyl groups excluding tert-OH is 1. The lowest BCUT2D eigenvalue weighted by Gasteiger charge is -2.37. The predicted octanol–water partition coefficient (Wildman–Crippen LogP) is 1.84. The Balaban J connectivity index is 2.10. The Labute approximate surface area is 184 Å². The first-order chi connectivity index (χ1) is 15.2. The lowest BCUT2D eigenvalue weighted by Crippen LogP contribution is -2.40. The number of hydrogen-bond acceptors (Lipinski definition) is 7. The molecule has 1 heterocycles. The number of hydrogen-bond donors (Lipinski definition) is 2. The molecule has 1 amide bonds. The summed E-state index contributed by atoms with van der Waals surface area (Å²) in [5.74, 6) is -0.0865. The van der Waals surface area contributed by atoms with Crippen LogP contribution in [0.1, 0.15) is 24.8 Å². The Hall–Kier alpha value is -1.97. The Morgan fingerprint density at radius 2 is 1.84 bits per heavy atom. The fraction of sp³-hybridized carbons (Fsp3) is 0.609. The molecular weight excluding hydrogens is 402 g/mol. The fourth-order valence-corrected chi connectivity index (χ4v) is 3.45. The van der Waals surface area contributed by atoms with E-state index in [1.165, 1.54) is 0 Å². The summed E-state index contributed by atoms with van der Waals surface area (Å²) >= 11 is 0. The van der Waals surface area contributed by atoms with Gasteiger partial charge in [0, 0.05) is 38.7 Å². The van der Waals surface area contributed by atoms with E-state index >= 15 is 0 Å². The fourth-order valence-electron chi connectivity index (χ4n) is 3.45. The van der Waals surface area contributed by atoms with Gasteiger partial charge in [-0.15, -0.1) is 0 Å². The van der Waals surface area contributed by atoms with Crippen LogP contribution < -0.4 is 5.32 Å². The SMILES string of the molecule is CCO[C@H]1OC(C(=O)NCCOC)=C[C@@H](c2ccccc2)[C@H]1CCOCCOCCO. The van der Waals surface area contributed by atoms with Crippen molar-refractivity contribution in [2.75, 3.05) is 59.9 Å². The molecule has 0 saturated carbocycles. The maximum Gasteiger partial charge on any atom is 0.286 e. The van der Waals surface area contributed by atoms with Crippen LogP contribution in [0.2, 0.25) is 0 Å². The van der Waals surface area contributed by atoms with E-state index in [0.717, 1.165) is 5.56 Å². The second-order valence-corrected chi connectivity index (χ2v) is 7.06. The summed E-state index contributed by atoms with van der Waals surface area (Å²) in [6.07, 6.45) is 2.01. The Morgan fingerprint density at radius 1 is 1.10 bits per heavy atom. The summed E-state index contributed by atoms with van der Waals surface area (Å²) in [4.78, 5) is 12.6. The van der Waals surface area contributed by atoms with Crippen LogP contribution in [-0.2, 0) is 28.5 Å². The first kappa shape index (κ1) is 25.3. The molecular formula is C23H35NO7. The molecule has 3 atom stereocenters. The standard InChI is InChI=1S/C23H35NO7/c1-3-30-23-19(9-12-28-15-16-29-14-11-25)20(18-7-5-4-6-8-18)17-21(31-23)22(26)24-10-13-27-2/h4-8,17,19-20,23,25H,3,9-16H2,1-2H3,(H,24,26)/t19-,20+,23+/m1/s1. The van der Waals surface area contributed by atoms with Crippen LogP contribution in [0.5, 0.6) is 0 Å². The first-order valence-electron chi connectivity index (χ1n) is 10.8. The molecule has 0 bridgehead atoms. The van der Waals surface area contributed by atoms with Crippen LogP contribution in [0.15, 0.2) is 42.2 Å². The van der Waals surface area contributed by atoms with E-state index in [1.807, 2.05) is 43.3 Å². The number of nitrogens with one attached hydrogen (secondary N) is 1. The van der Waals surface area contributed by atoms with Gasteiger partial charge in [0.05, 0.1) is 33.0 Å². The first-order valence-corrected chi connectivity index (χ1v) is 10.8. The number of allylic oxidation sites excluding steroid dienone is 1. The molecule has 1 aliphatic heterocycles. The summed E-state index contributed by atoms with van der Waals surface area (Å²) in [6.45, 7) is 4.91. The zero-order valence-corrected chi connectivity index (χ0v) is 18.5. The highest BCUT2D eigenvalue weighted by Gasteiger charge is 2.37. The lowest BCUT2D eigenvalue weighted by molar-refractivity contribution is -0.168. The van der Waals surface area contributed by atoms with Crippen LogP contribution >= 0.6 is 0 Å². The molecule has 0 aromatic heterocycles. The number of carbonyl (C=O) groups excluding carboxylic acids is 1. The molecule has 0 radical (unpaired) electrons. The van der Waals surface area contributed by atoms with E-state index in [2.05, 4.69) is 5.32 Å². The van der Waals surface area contributed by atoms with Gasteiger partial charge in [-0.05, 0) is 25.0 Å². The Morgan fingerprint density at radius 3 is 2.52 bits per heavy atom. The molecule has 0 aliphatic carbocycles. The molecule has 0 spiro atoms. The van der Waals surface area contributed by atoms with Gasteiger partial charge in [-0.25, -0.2) is 0 Å². The summed E-state index contributed by atoms with van der Waals surface area (Å²) in [5, 5.41) is 11.6. The maximum atomic E-state index is 12.6. The number of rotatable bonds is 15. The molecule has 0 fully saturated rings. The minimum absolute atomic E-state index is 0.00190. The molecule has 31 heavy (non-hydrogen) atoms. The molecule has 8 nitrogen and oxygen atoms in total. The van der Waals surface area contributed by atoms with E-state index in [4.69, 9.17) is 28.8 Å². The van der Waals surface area contributed by atoms with Gasteiger partial charge in [0.1, 0.15) is 0 Å². The van der Waals surface area contributed by atoms with Crippen molar-refractivity contribution in [3.05, 3.63) is 47.7 Å². The minimum Gasteiger partial charge on any atom is -0.459 e. The summed E-state index contributed by atoms with van der Waals surface area (Å²) in [6, 6.07) is 10.0. The number of benzene rings is 1. The molecule has 8 heteroatoms. The van der Waals surface area contributed by atoms with Gasteiger partial charge in [0.2, 0.25) is 6.29 Å². The molecule has 1 aromatic carbocycles. The zero-order chi connectivity index (χ0) is 22.3. The van der Waals surface area contributed by atoms with Crippen molar-refractivity contribution in [3.8, 4) is 0 Å². The molecule has 0 saturated heterocycles. The molecule has 1 aromatic rings. The van der Waals surface area contributed by atoms with Gasteiger partial charge < -0.3 is 34.1 Å². The summed E-state index contributed by atoms with van der Waals surface area (Å²) < 4.78 is 27.8. The monoisotopic (exact) mass is 437 g/mol. The topological polar surface area (TPSA) is 95.5 Å². The molecule has 174 valence electrons. The highest BCUT2D eigenvalue weighted by atomic mass is 16.7. The average molecular weight is 438 g/mol. The van der Waals surface area contributed by atoms with Crippen LogP contribution in [0, 0.1) is 5.92 Å². The molecule has 2 N–H and O–H groups in total. The quantitative estimate of drug-likeness (QED) is 0.404. The van der Waals surface area contributed by atoms with Crippen LogP contribution in [0.4, 0.5) is 0 Å². The van der Waals surface area contributed by atoms with Gasteiger partial charge in [0.25, 0.3) is 5.91 Å². The average Bonchev–Trinajstić information content (AvgIpc) is 2.79. The van der Waals surface area contributed by atoms with Crippen LogP contribution in [0.25, 0.3) is 0 Å².